The predicted octanol–water partition coefficient (Wildman–Crippen LogP) is 3.91. The molecule has 2 heterocycles. The molecule has 0 radical (unpaired) electrons. The van der Waals surface area contributed by atoms with Crippen LogP contribution in [0.2, 0.25) is 24.1 Å². The quantitative estimate of drug-likeness (QED) is 0.507. The van der Waals surface area contributed by atoms with Crippen LogP contribution in [0.4, 0.5) is 0 Å². The van der Waals surface area contributed by atoms with Gasteiger partial charge in [0, 0.05) is 0 Å². The average molecular weight is 190 g/mol. The summed E-state index contributed by atoms with van der Waals surface area (Å²) in [6, 6.07) is 0. The van der Waals surface area contributed by atoms with E-state index in [0.29, 0.717) is 21.3 Å². The smallest absolute Gasteiger partial charge is 0.0863 e. The molecule has 0 atom stereocenters. The zero-order chi connectivity index (χ0) is 11.2. The summed E-state index contributed by atoms with van der Waals surface area (Å²) >= 11 is 0. The highest BCUT2D eigenvalue weighted by atomic mass is 14.8. The number of rotatable bonds is 0. The molecule has 0 nitrogen and oxygen atoms in total. The van der Waals surface area contributed by atoms with Crippen molar-refractivity contribution in [1.82, 2.24) is 0 Å². The Hall–Kier alpha value is 0.130. The lowest BCUT2D eigenvalue weighted by atomic mass is 9.21. The summed E-state index contributed by atoms with van der Waals surface area (Å²) in [5.41, 5.74) is 0.970. The molecule has 2 saturated heterocycles. The highest BCUT2D eigenvalue weighted by Gasteiger charge is 3.00. The minimum atomic E-state index is 0.485. The predicted molar refractivity (Wildman–Crippen MR) is 67.5 cm³/mol. The summed E-state index contributed by atoms with van der Waals surface area (Å²) < 4.78 is 0. The Bertz CT molecular complexity index is 242. The third kappa shape index (κ3) is 0.676. The van der Waals surface area contributed by atoms with Gasteiger partial charge in [0.25, 0.3) is 0 Å². The standard InChI is InChI=1S/C12H24B2/c1-9(2,3)11-12(13(11)7,14(11)8)10(4,5)6/h1-8H3. The summed E-state index contributed by atoms with van der Waals surface area (Å²) in [7, 11) is 0. The average Bonchev–Trinajstić information content (AvgIpc) is 2.69. The van der Waals surface area contributed by atoms with Crippen LogP contribution in [0.15, 0.2) is 0 Å². The molecule has 2 fully saturated rings. The van der Waals surface area contributed by atoms with Crippen LogP contribution in [-0.4, -0.2) is 13.4 Å². The lowest BCUT2D eigenvalue weighted by molar-refractivity contribution is 0.326. The van der Waals surface area contributed by atoms with Crippen LogP contribution in [0.1, 0.15) is 41.5 Å². The first-order chi connectivity index (χ1) is 6.06. The molecule has 78 valence electrons. The molecule has 2 heteroatoms. The van der Waals surface area contributed by atoms with Crippen molar-refractivity contribution < 1.29 is 0 Å². The van der Waals surface area contributed by atoms with Crippen molar-refractivity contribution >= 4 is 13.4 Å². The number of hydrogen-bond donors (Lipinski definition) is 0. The van der Waals surface area contributed by atoms with Crippen molar-refractivity contribution in [3.8, 4) is 0 Å². The second-order valence-electron chi connectivity index (χ2n) is 7.68. The molecule has 0 aromatic rings. The van der Waals surface area contributed by atoms with Crippen LogP contribution >= 0.6 is 0 Å². The van der Waals surface area contributed by atoms with Crippen molar-refractivity contribution in [3.63, 3.8) is 0 Å². The maximum atomic E-state index is 2.47. The second-order valence-corrected chi connectivity index (χ2v) is 7.68. The zero-order valence-corrected chi connectivity index (χ0v) is 11.2. The monoisotopic (exact) mass is 190 g/mol. The summed E-state index contributed by atoms with van der Waals surface area (Å²) in [5.74, 6) is 0. The lowest BCUT2D eigenvalue weighted by Crippen LogP contribution is -2.31. The van der Waals surface area contributed by atoms with Gasteiger partial charge in [-0.15, -0.1) is 0 Å². The first kappa shape index (κ1) is 10.6. The Morgan fingerprint density at radius 1 is 0.643 bits per heavy atom. The van der Waals surface area contributed by atoms with E-state index < -0.39 is 0 Å². The van der Waals surface area contributed by atoms with Gasteiger partial charge in [-0.3, -0.25) is 0 Å². The first-order valence-corrected chi connectivity index (χ1v) is 6.06. The van der Waals surface area contributed by atoms with Gasteiger partial charge in [-0.1, -0.05) is 65.6 Å². The van der Waals surface area contributed by atoms with Gasteiger partial charge >= 0.3 is 0 Å². The first-order valence-electron chi connectivity index (χ1n) is 6.06. The Balaban J connectivity index is 2.39. The fourth-order valence-corrected chi connectivity index (χ4v) is 5.93. The molecule has 0 N–H and O–H groups in total. The lowest BCUT2D eigenvalue weighted by Gasteiger charge is -2.27. The molecular formula is C12H24B2. The van der Waals surface area contributed by atoms with E-state index in [0.717, 1.165) is 13.4 Å². The van der Waals surface area contributed by atoms with Crippen LogP contribution < -0.4 is 0 Å². The molecular weight excluding hydrogens is 166 g/mol. The molecule has 0 bridgehead atoms. The van der Waals surface area contributed by atoms with Crippen LogP contribution in [0.25, 0.3) is 0 Å². The van der Waals surface area contributed by atoms with Crippen LogP contribution in [0, 0.1) is 10.8 Å². The largest absolute Gasteiger partial charge is 0.134 e. The van der Waals surface area contributed by atoms with Gasteiger partial charge in [0.2, 0.25) is 0 Å². The maximum absolute atomic E-state index is 2.47. The Morgan fingerprint density at radius 2 is 0.857 bits per heavy atom. The van der Waals surface area contributed by atoms with E-state index >= 15 is 0 Å². The van der Waals surface area contributed by atoms with Gasteiger partial charge in [-0.05, 0) is 10.8 Å². The Kier molecular flexibility index (Phi) is 1.62. The van der Waals surface area contributed by atoms with E-state index in [-0.39, 0.29) is 0 Å². The highest BCUT2D eigenvalue weighted by molar-refractivity contribution is 7.20. The van der Waals surface area contributed by atoms with Gasteiger partial charge < -0.3 is 0 Å². The zero-order valence-electron chi connectivity index (χ0n) is 11.2. The fourth-order valence-electron chi connectivity index (χ4n) is 5.93. The van der Waals surface area contributed by atoms with E-state index in [1.54, 1.807) is 0 Å². The van der Waals surface area contributed by atoms with Crippen molar-refractivity contribution in [1.29, 1.82) is 0 Å². The van der Waals surface area contributed by atoms with Crippen molar-refractivity contribution in [2.24, 2.45) is 10.8 Å². The fraction of sp³-hybridized carbons (Fsp3) is 1.00. The van der Waals surface area contributed by atoms with E-state index in [4.69, 9.17) is 0 Å². The van der Waals surface area contributed by atoms with Gasteiger partial charge in [-0.25, -0.2) is 0 Å². The van der Waals surface area contributed by atoms with E-state index in [1.165, 1.54) is 0 Å². The highest BCUT2D eigenvalue weighted by Crippen LogP contribution is 3.03. The van der Waals surface area contributed by atoms with Crippen LogP contribution in [0.5, 0.6) is 0 Å². The molecule has 0 saturated carbocycles. The molecule has 2 rings (SSSR count). The van der Waals surface area contributed by atoms with Crippen molar-refractivity contribution in [2.45, 2.75) is 65.6 Å². The van der Waals surface area contributed by atoms with Crippen molar-refractivity contribution in [2.75, 3.05) is 0 Å². The Labute approximate surface area is 90.4 Å². The molecule has 0 unspecified atom stereocenters. The van der Waals surface area contributed by atoms with Gasteiger partial charge in [0.05, 0.1) is 0 Å². The molecule has 14 heavy (non-hydrogen) atoms. The Morgan fingerprint density at radius 3 is 0.929 bits per heavy atom. The molecule has 0 aliphatic carbocycles. The minimum Gasteiger partial charge on any atom is -0.0863 e. The number of hydrogen-bond acceptors (Lipinski definition) is 0. The third-order valence-corrected chi connectivity index (χ3v) is 5.73. The summed E-state index contributed by atoms with van der Waals surface area (Å²) in [6.07, 6.45) is 0. The summed E-state index contributed by atoms with van der Waals surface area (Å²) in [6.45, 7) is 21.4. The third-order valence-electron chi connectivity index (χ3n) is 5.73. The van der Waals surface area contributed by atoms with Gasteiger partial charge in [0.15, 0.2) is 0 Å². The molecule has 0 aromatic carbocycles. The number of fused-ring (bicyclic) bond motifs is 1. The summed E-state index contributed by atoms with van der Waals surface area (Å²) in [5, 5.41) is 1.30. The van der Waals surface area contributed by atoms with Crippen molar-refractivity contribution in [3.05, 3.63) is 0 Å². The summed E-state index contributed by atoms with van der Waals surface area (Å²) in [4.78, 5) is 0. The molecule has 0 amide bonds. The minimum absolute atomic E-state index is 0.485. The SMILES string of the molecule is CB1C2(C(C)(C)C)B(C)C12C(C)(C)C. The van der Waals surface area contributed by atoms with Gasteiger partial charge in [0.1, 0.15) is 13.4 Å². The topological polar surface area (TPSA) is 0 Å². The second kappa shape index (κ2) is 2.13. The van der Waals surface area contributed by atoms with Gasteiger partial charge in [-0.2, -0.15) is 0 Å². The normalized spacial score (nSPS) is 41.1. The molecule has 2 aliphatic rings. The molecule has 0 spiro atoms. The van der Waals surface area contributed by atoms with E-state index in [1.807, 2.05) is 0 Å². The maximum Gasteiger partial charge on any atom is 0.134 e. The van der Waals surface area contributed by atoms with E-state index in [9.17, 15) is 0 Å². The molecule has 2 aliphatic heterocycles. The van der Waals surface area contributed by atoms with Crippen LogP contribution in [0.3, 0.4) is 0 Å². The molecule has 0 aromatic heterocycles. The van der Waals surface area contributed by atoms with E-state index in [2.05, 4.69) is 55.2 Å². The van der Waals surface area contributed by atoms with Crippen LogP contribution in [-0.2, 0) is 0 Å².